The van der Waals surface area contributed by atoms with Crippen molar-refractivity contribution in [1.29, 1.82) is 0 Å². The van der Waals surface area contributed by atoms with Crippen LogP contribution in [-0.2, 0) is 4.74 Å². The van der Waals surface area contributed by atoms with E-state index in [-0.39, 0.29) is 23.8 Å². The summed E-state index contributed by atoms with van der Waals surface area (Å²) in [6, 6.07) is 21.3. The van der Waals surface area contributed by atoms with Crippen molar-refractivity contribution in [2.24, 2.45) is 0 Å². The predicted octanol–water partition coefficient (Wildman–Crippen LogP) is 5.35. The fourth-order valence-corrected chi connectivity index (χ4v) is 4.74. The first kappa shape index (κ1) is 20.1. The Morgan fingerprint density at radius 3 is 2.19 bits per heavy atom. The second-order valence-corrected chi connectivity index (χ2v) is 8.18. The average Bonchev–Trinajstić information content (AvgIpc) is 3.44. The molecule has 32 heavy (non-hydrogen) atoms. The molecule has 6 heteroatoms. The van der Waals surface area contributed by atoms with Crippen molar-refractivity contribution in [2.75, 3.05) is 29.9 Å². The van der Waals surface area contributed by atoms with E-state index >= 15 is 0 Å². The van der Waals surface area contributed by atoms with Crippen molar-refractivity contribution >= 4 is 23.4 Å². The molecule has 1 aliphatic carbocycles. The quantitative estimate of drug-likeness (QED) is 0.573. The second kappa shape index (κ2) is 8.38. The number of carbonyl (C=O) groups is 2. The number of aromatic carboxylic acids is 1. The maximum Gasteiger partial charge on any atom is 0.411 e. The van der Waals surface area contributed by atoms with Crippen LogP contribution in [0.1, 0.15) is 40.2 Å². The van der Waals surface area contributed by atoms with Gasteiger partial charge in [0.05, 0.1) is 11.3 Å². The van der Waals surface area contributed by atoms with Crippen LogP contribution in [0.3, 0.4) is 0 Å². The van der Waals surface area contributed by atoms with Gasteiger partial charge in [0, 0.05) is 24.7 Å². The second-order valence-electron chi connectivity index (χ2n) is 8.18. The number of hydrogen-bond donors (Lipinski definition) is 2. The standard InChI is InChI=1S/C26H24N2O4/c29-25(30)22-12-11-17(28-13-5-6-14-28)15-24(22)27-26(31)32-16-23-20-9-3-1-7-18(20)19-8-2-4-10-21(19)23/h1-4,7-12,15,23H,5-6,13-14,16H2,(H,27,31)(H,29,30). The van der Waals surface area contributed by atoms with E-state index < -0.39 is 12.1 Å². The van der Waals surface area contributed by atoms with Crippen LogP contribution in [0.4, 0.5) is 16.2 Å². The SMILES string of the molecule is O=C(Nc1cc(N2CCCC2)ccc1C(=O)O)OCC1c2ccccc2-c2ccccc21. The zero-order chi connectivity index (χ0) is 22.1. The van der Waals surface area contributed by atoms with Gasteiger partial charge in [0.1, 0.15) is 6.61 Å². The first-order valence-electron chi connectivity index (χ1n) is 10.9. The van der Waals surface area contributed by atoms with Crippen LogP contribution in [0.25, 0.3) is 11.1 Å². The Balaban J connectivity index is 1.33. The normalized spacial score (nSPS) is 14.7. The van der Waals surface area contributed by atoms with E-state index in [4.69, 9.17) is 4.74 Å². The van der Waals surface area contributed by atoms with Gasteiger partial charge in [0.2, 0.25) is 0 Å². The molecule has 1 fully saturated rings. The summed E-state index contributed by atoms with van der Waals surface area (Å²) in [5.74, 6) is -1.14. The van der Waals surface area contributed by atoms with Gasteiger partial charge in [0.25, 0.3) is 0 Å². The molecule has 0 atom stereocenters. The molecule has 1 heterocycles. The summed E-state index contributed by atoms with van der Waals surface area (Å²) in [6.45, 7) is 2.03. The molecule has 0 bridgehead atoms. The van der Waals surface area contributed by atoms with E-state index in [1.807, 2.05) is 24.3 Å². The fourth-order valence-electron chi connectivity index (χ4n) is 4.74. The van der Waals surface area contributed by atoms with Gasteiger partial charge in [-0.2, -0.15) is 0 Å². The van der Waals surface area contributed by atoms with Crippen LogP contribution in [0.15, 0.2) is 66.7 Å². The molecular weight excluding hydrogens is 404 g/mol. The Kier molecular flexibility index (Phi) is 5.27. The largest absolute Gasteiger partial charge is 0.478 e. The van der Waals surface area contributed by atoms with Crippen molar-refractivity contribution < 1.29 is 19.4 Å². The maximum atomic E-state index is 12.7. The first-order valence-corrected chi connectivity index (χ1v) is 10.9. The van der Waals surface area contributed by atoms with Gasteiger partial charge >= 0.3 is 12.1 Å². The molecule has 1 aliphatic heterocycles. The zero-order valence-electron chi connectivity index (χ0n) is 17.6. The third-order valence-electron chi connectivity index (χ3n) is 6.29. The van der Waals surface area contributed by atoms with E-state index in [2.05, 4.69) is 34.5 Å². The summed E-state index contributed by atoms with van der Waals surface area (Å²) in [5, 5.41) is 12.2. The van der Waals surface area contributed by atoms with Gasteiger partial charge < -0.3 is 14.7 Å². The Hall–Kier alpha value is -3.80. The van der Waals surface area contributed by atoms with E-state index in [0.717, 1.165) is 53.9 Å². The number of carbonyl (C=O) groups excluding carboxylic acids is 1. The molecule has 0 saturated carbocycles. The molecule has 6 nitrogen and oxygen atoms in total. The Morgan fingerprint density at radius 1 is 0.938 bits per heavy atom. The Morgan fingerprint density at radius 2 is 1.56 bits per heavy atom. The molecule has 2 N–H and O–H groups in total. The molecule has 0 radical (unpaired) electrons. The lowest BCUT2D eigenvalue weighted by molar-refractivity contribution is 0.0698. The van der Waals surface area contributed by atoms with E-state index in [9.17, 15) is 14.7 Å². The molecule has 0 unspecified atom stereocenters. The molecule has 162 valence electrons. The number of ether oxygens (including phenoxy) is 1. The summed E-state index contributed by atoms with van der Waals surface area (Å²) in [5.41, 5.74) is 5.77. The third kappa shape index (κ3) is 3.68. The van der Waals surface area contributed by atoms with Crippen LogP contribution >= 0.6 is 0 Å². The molecule has 0 aromatic heterocycles. The average molecular weight is 428 g/mol. The Labute approximate surface area is 186 Å². The van der Waals surface area contributed by atoms with Crippen LogP contribution in [0, 0.1) is 0 Å². The minimum Gasteiger partial charge on any atom is -0.478 e. The lowest BCUT2D eigenvalue weighted by Crippen LogP contribution is -2.21. The predicted molar refractivity (Wildman–Crippen MR) is 124 cm³/mol. The molecule has 1 saturated heterocycles. The molecule has 3 aromatic carbocycles. The molecule has 3 aromatic rings. The van der Waals surface area contributed by atoms with Crippen molar-refractivity contribution in [3.63, 3.8) is 0 Å². The highest BCUT2D eigenvalue weighted by atomic mass is 16.5. The van der Waals surface area contributed by atoms with Gasteiger partial charge in [0.15, 0.2) is 0 Å². The van der Waals surface area contributed by atoms with Crippen LogP contribution in [0.2, 0.25) is 0 Å². The van der Waals surface area contributed by atoms with Gasteiger partial charge in [-0.15, -0.1) is 0 Å². The summed E-state index contributed by atoms with van der Waals surface area (Å²) >= 11 is 0. The number of nitrogens with one attached hydrogen (secondary N) is 1. The lowest BCUT2D eigenvalue weighted by atomic mass is 9.98. The maximum absolute atomic E-state index is 12.7. The molecule has 0 spiro atoms. The number of carboxylic acid groups (broad SMARTS) is 1. The van der Waals surface area contributed by atoms with Crippen molar-refractivity contribution in [3.8, 4) is 11.1 Å². The van der Waals surface area contributed by atoms with Gasteiger partial charge in [-0.05, 0) is 53.3 Å². The van der Waals surface area contributed by atoms with Gasteiger partial charge in [-0.25, -0.2) is 9.59 Å². The number of benzene rings is 3. The summed E-state index contributed by atoms with van der Waals surface area (Å²) < 4.78 is 5.59. The van der Waals surface area contributed by atoms with Crippen LogP contribution < -0.4 is 10.2 Å². The number of amides is 1. The molecule has 1 amide bonds. The Bertz CT molecular complexity index is 1140. The highest BCUT2D eigenvalue weighted by molar-refractivity contribution is 5.99. The van der Waals surface area contributed by atoms with E-state index in [1.165, 1.54) is 6.07 Å². The lowest BCUT2D eigenvalue weighted by Gasteiger charge is -2.20. The minimum atomic E-state index is -1.09. The molecule has 5 rings (SSSR count). The number of nitrogens with zero attached hydrogens (tertiary/aromatic N) is 1. The van der Waals surface area contributed by atoms with Crippen LogP contribution in [-0.4, -0.2) is 36.9 Å². The van der Waals surface area contributed by atoms with E-state index in [0.29, 0.717) is 0 Å². The summed E-state index contributed by atoms with van der Waals surface area (Å²) in [6.07, 6.45) is 1.55. The van der Waals surface area contributed by atoms with Crippen molar-refractivity contribution in [2.45, 2.75) is 18.8 Å². The smallest absolute Gasteiger partial charge is 0.411 e. The first-order chi connectivity index (χ1) is 15.6. The topological polar surface area (TPSA) is 78.9 Å². The third-order valence-corrected chi connectivity index (χ3v) is 6.29. The monoisotopic (exact) mass is 428 g/mol. The highest BCUT2D eigenvalue weighted by Gasteiger charge is 2.29. The highest BCUT2D eigenvalue weighted by Crippen LogP contribution is 2.44. The minimum absolute atomic E-state index is 0.0430. The van der Waals surface area contributed by atoms with Gasteiger partial charge in [-0.1, -0.05) is 48.5 Å². The molecular formula is C26H24N2O4. The zero-order valence-corrected chi connectivity index (χ0v) is 17.6. The van der Waals surface area contributed by atoms with Crippen molar-refractivity contribution in [1.82, 2.24) is 0 Å². The molecule has 2 aliphatic rings. The summed E-state index contributed by atoms with van der Waals surface area (Å²) in [4.78, 5) is 26.5. The van der Waals surface area contributed by atoms with Crippen molar-refractivity contribution in [3.05, 3.63) is 83.4 Å². The number of anilines is 2. The fraction of sp³-hybridized carbons (Fsp3) is 0.231. The van der Waals surface area contributed by atoms with Gasteiger partial charge in [-0.3, -0.25) is 5.32 Å². The number of rotatable bonds is 5. The number of carboxylic acids is 1. The van der Waals surface area contributed by atoms with E-state index in [1.54, 1.807) is 12.1 Å². The number of hydrogen-bond acceptors (Lipinski definition) is 4. The summed E-state index contributed by atoms with van der Waals surface area (Å²) in [7, 11) is 0. The number of fused-ring (bicyclic) bond motifs is 3. The van der Waals surface area contributed by atoms with Crippen LogP contribution in [0.5, 0.6) is 0 Å².